The molecule has 1 aliphatic heterocycles. The lowest BCUT2D eigenvalue weighted by Gasteiger charge is -2.40. The third-order valence-electron chi connectivity index (χ3n) is 4.84. The van der Waals surface area contributed by atoms with Gasteiger partial charge in [-0.25, -0.2) is 0 Å². The topological polar surface area (TPSA) is 68.5 Å². The van der Waals surface area contributed by atoms with Crippen LogP contribution in [0.5, 0.6) is 0 Å². The fourth-order valence-electron chi connectivity index (χ4n) is 3.04. The Morgan fingerprint density at radius 3 is 2.41 bits per heavy atom. The summed E-state index contributed by atoms with van der Waals surface area (Å²) in [6, 6.07) is 7.04. The number of carbonyl (C=O) groups excluding carboxylic acids is 1. The third kappa shape index (κ3) is 3.55. The molecule has 2 fully saturated rings. The predicted molar refractivity (Wildman–Crippen MR) is 87.2 cm³/mol. The molecule has 27 heavy (non-hydrogen) atoms. The second-order valence-electron chi connectivity index (χ2n) is 7.34. The summed E-state index contributed by atoms with van der Waals surface area (Å²) < 4.78 is 47.2. The van der Waals surface area contributed by atoms with Crippen molar-refractivity contribution in [2.45, 2.75) is 38.5 Å². The first-order valence-electron chi connectivity index (χ1n) is 8.65. The Bertz CT molecular complexity index is 840. The molecular weight excluding hydrogens is 363 g/mol. The predicted octanol–water partition coefficient (Wildman–Crippen LogP) is 3.28. The van der Waals surface area contributed by atoms with Gasteiger partial charge in [0.05, 0.1) is 18.6 Å². The summed E-state index contributed by atoms with van der Waals surface area (Å²) in [5.41, 5.74) is 0.852. The van der Waals surface area contributed by atoms with Crippen molar-refractivity contribution in [1.29, 1.82) is 0 Å². The SMILES string of the molecule is CC1(C(=O)N(Cc2ccc(-c3noc(C(F)(F)F)n3)cc2)C2CC2)COC1. The molecule has 0 atom stereocenters. The van der Waals surface area contributed by atoms with Gasteiger partial charge in [-0.2, -0.15) is 18.2 Å². The molecule has 1 aliphatic carbocycles. The molecule has 6 nitrogen and oxygen atoms in total. The summed E-state index contributed by atoms with van der Waals surface area (Å²) in [4.78, 5) is 18.1. The Labute approximate surface area is 153 Å². The van der Waals surface area contributed by atoms with Gasteiger partial charge in [0.2, 0.25) is 11.7 Å². The number of nitrogens with zero attached hydrogens (tertiary/aromatic N) is 3. The number of hydrogen-bond donors (Lipinski definition) is 0. The van der Waals surface area contributed by atoms with Crippen LogP contribution in [0.2, 0.25) is 0 Å². The molecule has 9 heteroatoms. The molecule has 0 radical (unpaired) electrons. The largest absolute Gasteiger partial charge is 0.471 e. The minimum atomic E-state index is -4.67. The first-order valence-corrected chi connectivity index (χ1v) is 8.65. The zero-order chi connectivity index (χ0) is 19.2. The van der Waals surface area contributed by atoms with Crippen molar-refractivity contribution in [2.75, 3.05) is 13.2 Å². The third-order valence-corrected chi connectivity index (χ3v) is 4.84. The highest BCUT2D eigenvalue weighted by Gasteiger charge is 2.47. The second-order valence-corrected chi connectivity index (χ2v) is 7.34. The van der Waals surface area contributed by atoms with Crippen LogP contribution in [0, 0.1) is 5.41 Å². The van der Waals surface area contributed by atoms with E-state index in [-0.39, 0.29) is 17.8 Å². The molecule has 0 bridgehead atoms. The van der Waals surface area contributed by atoms with Crippen LogP contribution in [0.25, 0.3) is 11.4 Å². The van der Waals surface area contributed by atoms with Gasteiger partial charge in [0.1, 0.15) is 0 Å². The molecule has 144 valence electrons. The number of rotatable bonds is 5. The molecule has 1 amide bonds. The van der Waals surface area contributed by atoms with E-state index in [2.05, 4.69) is 14.7 Å². The monoisotopic (exact) mass is 381 g/mol. The number of carbonyl (C=O) groups is 1. The molecule has 1 aromatic heterocycles. The number of aromatic nitrogens is 2. The molecule has 0 spiro atoms. The highest BCUT2D eigenvalue weighted by Crippen LogP contribution is 2.36. The summed E-state index contributed by atoms with van der Waals surface area (Å²) in [5.74, 6) is -1.40. The van der Waals surface area contributed by atoms with E-state index in [0.29, 0.717) is 25.3 Å². The van der Waals surface area contributed by atoms with Crippen molar-refractivity contribution in [3.05, 3.63) is 35.7 Å². The van der Waals surface area contributed by atoms with E-state index in [1.165, 1.54) is 0 Å². The van der Waals surface area contributed by atoms with E-state index in [4.69, 9.17) is 4.74 Å². The molecule has 0 unspecified atom stereocenters. The maximum Gasteiger partial charge on any atom is 0.471 e. The van der Waals surface area contributed by atoms with Gasteiger partial charge < -0.3 is 14.2 Å². The molecule has 4 rings (SSSR count). The lowest BCUT2D eigenvalue weighted by atomic mass is 9.86. The van der Waals surface area contributed by atoms with E-state index in [1.54, 1.807) is 24.3 Å². The van der Waals surface area contributed by atoms with Crippen molar-refractivity contribution >= 4 is 5.91 Å². The fraction of sp³-hybridized carbons (Fsp3) is 0.500. The molecule has 2 aromatic rings. The van der Waals surface area contributed by atoms with E-state index in [1.807, 2.05) is 11.8 Å². The van der Waals surface area contributed by atoms with Crippen LogP contribution >= 0.6 is 0 Å². The summed E-state index contributed by atoms with van der Waals surface area (Å²) in [7, 11) is 0. The molecule has 2 heterocycles. The van der Waals surface area contributed by atoms with Crippen LogP contribution in [-0.4, -0.2) is 40.2 Å². The highest BCUT2D eigenvalue weighted by molar-refractivity contribution is 5.84. The Balaban J connectivity index is 1.48. The maximum atomic E-state index is 12.8. The Morgan fingerprint density at radius 1 is 1.26 bits per heavy atom. The first kappa shape index (κ1) is 18.0. The normalized spacial score (nSPS) is 18.8. The van der Waals surface area contributed by atoms with Crippen LogP contribution < -0.4 is 0 Å². The minimum absolute atomic E-state index is 0.0910. The van der Waals surface area contributed by atoms with Crippen molar-refractivity contribution in [3.63, 3.8) is 0 Å². The van der Waals surface area contributed by atoms with Crippen LogP contribution in [-0.2, 0) is 22.3 Å². The standard InChI is InChI=1S/C18H18F3N3O3/c1-17(9-26-10-17)16(25)24(13-6-7-13)8-11-2-4-12(5-3-11)14-22-15(27-23-14)18(19,20)21/h2-5,13H,6-10H2,1H3. The van der Waals surface area contributed by atoms with Gasteiger partial charge >= 0.3 is 12.1 Å². The minimum Gasteiger partial charge on any atom is -0.379 e. The highest BCUT2D eigenvalue weighted by atomic mass is 19.4. The van der Waals surface area contributed by atoms with Crippen LogP contribution in [0.4, 0.5) is 13.2 Å². The van der Waals surface area contributed by atoms with Gasteiger partial charge in [0.25, 0.3) is 0 Å². The molecule has 0 N–H and O–H groups in total. The Morgan fingerprint density at radius 2 is 1.93 bits per heavy atom. The van der Waals surface area contributed by atoms with Gasteiger partial charge in [0, 0.05) is 18.2 Å². The lowest BCUT2D eigenvalue weighted by Crippen LogP contribution is -2.53. The van der Waals surface area contributed by atoms with E-state index in [9.17, 15) is 18.0 Å². The van der Waals surface area contributed by atoms with Crippen LogP contribution in [0.15, 0.2) is 28.8 Å². The first-order chi connectivity index (χ1) is 12.8. The smallest absolute Gasteiger partial charge is 0.379 e. The maximum absolute atomic E-state index is 12.8. The van der Waals surface area contributed by atoms with E-state index in [0.717, 1.165) is 18.4 Å². The summed E-state index contributed by atoms with van der Waals surface area (Å²) in [6.07, 6.45) is -2.69. The Hall–Kier alpha value is -2.42. The van der Waals surface area contributed by atoms with Gasteiger partial charge in [0.15, 0.2) is 0 Å². The van der Waals surface area contributed by atoms with Crippen molar-refractivity contribution in [1.82, 2.24) is 15.0 Å². The molecule has 1 saturated carbocycles. The Kier molecular flexibility index (Phi) is 4.21. The van der Waals surface area contributed by atoms with Crippen LogP contribution in [0.1, 0.15) is 31.2 Å². The average Bonchev–Trinajstić information content (AvgIpc) is 3.31. The van der Waals surface area contributed by atoms with Gasteiger partial charge in [-0.05, 0) is 25.3 Å². The van der Waals surface area contributed by atoms with Crippen molar-refractivity contribution < 1.29 is 27.2 Å². The van der Waals surface area contributed by atoms with Crippen molar-refractivity contribution in [2.24, 2.45) is 5.41 Å². The second kappa shape index (κ2) is 6.33. The molecular formula is C18H18F3N3O3. The number of amides is 1. The summed E-state index contributed by atoms with van der Waals surface area (Å²) >= 11 is 0. The van der Waals surface area contributed by atoms with Gasteiger partial charge in [-0.15, -0.1) is 0 Å². The van der Waals surface area contributed by atoms with Crippen molar-refractivity contribution in [3.8, 4) is 11.4 Å². The molecule has 2 aliphatic rings. The number of alkyl halides is 3. The van der Waals surface area contributed by atoms with Gasteiger partial charge in [-0.3, -0.25) is 4.79 Å². The summed E-state index contributed by atoms with van der Waals surface area (Å²) in [5, 5.41) is 3.38. The number of benzene rings is 1. The fourth-order valence-corrected chi connectivity index (χ4v) is 3.04. The van der Waals surface area contributed by atoms with Gasteiger partial charge in [-0.1, -0.05) is 29.4 Å². The number of ether oxygens (including phenoxy) is 1. The molecule has 1 saturated heterocycles. The number of halogens is 3. The van der Waals surface area contributed by atoms with Crippen LogP contribution in [0.3, 0.4) is 0 Å². The quantitative estimate of drug-likeness (QED) is 0.795. The van der Waals surface area contributed by atoms with E-state index >= 15 is 0 Å². The zero-order valence-corrected chi connectivity index (χ0v) is 14.6. The summed E-state index contributed by atoms with van der Waals surface area (Å²) in [6.45, 7) is 3.24. The number of hydrogen-bond acceptors (Lipinski definition) is 5. The molecule has 1 aromatic carbocycles. The van der Waals surface area contributed by atoms with E-state index < -0.39 is 17.5 Å². The zero-order valence-electron chi connectivity index (χ0n) is 14.6. The average molecular weight is 381 g/mol. The lowest BCUT2D eigenvalue weighted by molar-refractivity contribution is -0.170.